The summed E-state index contributed by atoms with van der Waals surface area (Å²) in [5.41, 5.74) is 2.50. The van der Waals surface area contributed by atoms with Crippen LogP contribution < -0.4 is 9.47 Å². The van der Waals surface area contributed by atoms with E-state index in [-0.39, 0.29) is 12.0 Å². The Labute approximate surface area is 192 Å². The average Bonchev–Trinajstić information content (AvgIpc) is 3.48. The van der Waals surface area contributed by atoms with E-state index in [2.05, 4.69) is 4.98 Å². The van der Waals surface area contributed by atoms with Crippen molar-refractivity contribution in [2.24, 2.45) is 0 Å². The molecule has 7 heteroatoms. The highest BCUT2D eigenvalue weighted by molar-refractivity contribution is 7.09. The summed E-state index contributed by atoms with van der Waals surface area (Å²) in [6, 6.07) is 15.2. The molecule has 1 unspecified atom stereocenters. The van der Waals surface area contributed by atoms with Gasteiger partial charge in [-0.3, -0.25) is 4.79 Å². The number of ether oxygens (including phenoxy) is 3. The number of carbonyl (C=O) groups is 1. The summed E-state index contributed by atoms with van der Waals surface area (Å²) in [6.45, 7) is 4.15. The van der Waals surface area contributed by atoms with Crippen LogP contribution in [0.4, 0.5) is 0 Å². The fourth-order valence-corrected chi connectivity index (χ4v) is 4.38. The van der Waals surface area contributed by atoms with Crippen molar-refractivity contribution in [2.75, 3.05) is 20.3 Å². The van der Waals surface area contributed by atoms with Gasteiger partial charge in [-0.1, -0.05) is 18.2 Å². The van der Waals surface area contributed by atoms with Crippen LogP contribution in [0.15, 0.2) is 53.9 Å². The third-order valence-electron chi connectivity index (χ3n) is 5.38. The summed E-state index contributed by atoms with van der Waals surface area (Å²) in [5.74, 6) is 1.39. The van der Waals surface area contributed by atoms with Crippen LogP contribution in [0.1, 0.15) is 39.5 Å². The van der Waals surface area contributed by atoms with Crippen LogP contribution in [0.2, 0.25) is 0 Å². The zero-order valence-electron chi connectivity index (χ0n) is 18.5. The van der Waals surface area contributed by atoms with Gasteiger partial charge in [0.2, 0.25) is 0 Å². The summed E-state index contributed by atoms with van der Waals surface area (Å²) in [5, 5.41) is 3.00. The molecule has 1 fully saturated rings. The first-order valence-corrected chi connectivity index (χ1v) is 11.7. The van der Waals surface area contributed by atoms with Crippen molar-refractivity contribution in [3.05, 3.63) is 75.7 Å². The van der Waals surface area contributed by atoms with Crippen molar-refractivity contribution < 1.29 is 19.0 Å². The molecule has 6 nitrogen and oxygen atoms in total. The number of amides is 1. The summed E-state index contributed by atoms with van der Waals surface area (Å²) >= 11 is 1.60. The fourth-order valence-electron chi connectivity index (χ4n) is 3.78. The van der Waals surface area contributed by atoms with Crippen LogP contribution >= 0.6 is 11.3 Å². The van der Waals surface area contributed by atoms with Gasteiger partial charge in [-0.25, -0.2) is 4.98 Å². The predicted octanol–water partition coefficient (Wildman–Crippen LogP) is 4.86. The molecule has 2 aromatic carbocycles. The molecule has 0 saturated carbocycles. The molecule has 0 aliphatic carbocycles. The third kappa shape index (κ3) is 5.87. The van der Waals surface area contributed by atoms with Crippen molar-refractivity contribution in [3.63, 3.8) is 0 Å². The molecule has 0 spiro atoms. The number of carbonyl (C=O) groups excluding carboxylic acids is 1. The number of benzene rings is 2. The molecule has 1 atom stereocenters. The maximum absolute atomic E-state index is 13.5. The van der Waals surface area contributed by atoms with E-state index in [1.54, 1.807) is 24.5 Å². The Morgan fingerprint density at radius 1 is 1.22 bits per heavy atom. The second-order valence-corrected chi connectivity index (χ2v) is 8.91. The number of aryl methyl sites for hydroxylation is 1. The first-order valence-electron chi connectivity index (χ1n) is 10.8. The van der Waals surface area contributed by atoms with Gasteiger partial charge in [0.25, 0.3) is 5.91 Å². The number of hydrogen-bond donors (Lipinski definition) is 0. The van der Waals surface area contributed by atoms with Crippen molar-refractivity contribution in [2.45, 2.75) is 39.0 Å². The summed E-state index contributed by atoms with van der Waals surface area (Å²) < 4.78 is 17.1. The highest BCUT2D eigenvalue weighted by Crippen LogP contribution is 2.22. The molecule has 1 amide bonds. The SMILES string of the molecule is COc1cccc(CN(CC2CCCO2)C(=O)c2cccc(OCc3csc(C)n3)c2)c1. The lowest BCUT2D eigenvalue weighted by Crippen LogP contribution is -2.37. The van der Waals surface area contributed by atoms with Crippen LogP contribution in [-0.2, 0) is 17.9 Å². The monoisotopic (exact) mass is 452 g/mol. The van der Waals surface area contributed by atoms with Crippen molar-refractivity contribution in [1.82, 2.24) is 9.88 Å². The van der Waals surface area contributed by atoms with Crippen molar-refractivity contribution >= 4 is 17.2 Å². The van der Waals surface area contributed by atoms with Gasteiger partial charge >= 0.3 is 0 Å². The minimum Gasteiger partial charge on any atom is -0.497 e. The topological polar surface area (TPSA) is 60.9 Å². The normalized spacial score (nSPS) is 15.5. The van der Waals surface area contributed by atoms with Crippen molar-refractivity contribution in [3.8, 4) is 11.5 Å². The van der Waals surface area contributed by atoms with Crippen LogP contribution in [0.25, 0.3) is 0 Å². The third-order valence-corrected chi connectivity index (χ3v) is 6.20. The highest BCUT2D eigenvalue weighted by Gasteiger charge is 2.24. The van der Waals surface area contributed by atoms with Gasteiger partial charge in [0.05, 0.1) is 23.9 Å². The highest BCUT2D eigenvalue weighted by atomic mass is 32.1. The van der Waals surface area contributed by atoms with Crippen LogP contribution in [-0.4, -0.2) is 42.2 Å². The first-order chi connectivity index (χ1) is 15.6. The van der Waals surface area contributed by atoms with Gasteiger partial charge in [-0.05, 0) is 55.7 Å². The van der Waals surface area contributed by atoms with Crippen molar-refractivity contribution in [1.29, 1.82) is 0 Å². The van der Waals surface area contributed by atoms with Crippen LogP contribution in [0.3, 0.4) is 0 Å². The Morgan fingerprint density at radius 2 is 2.06 bits per heavy atom. The first kappa shape index (κ1) is 22.3. The molecule has 1 aliphatic heterocycles. The van der Waals surface area contributed by atoms with E-state index in [4.69, 9.17) is 14.2 Å². The molecular weight excluding hydrogens is 424 g/mol. The quantitative estimate of drug-likeness (QED) is 0.464. The molecule has 0 bridgehead atoms. The van der Waals surface area contributed by atoms with Gasteiger partial charge in [0.1, 0.15) is 18.1 Å². The Hall–Kier alpha value is -2.90. The number of rotatable bonds is 9. The fraction of sp³-hybridized carbons (Fsp3) is 0.360. The van der Waals surface area contributed by atoms with E-state index in [0.29, 0.717) is 31.0 Å². The number of nitrogens with zero attached hydrogens (tertiary/aromatic N) is 2. The summed E-state index contributed by atoms with van der Waals surface area (Å²) in [7, 11) is 1.65. The molecule has 1 aliphatic rings. The van der Waals surface area contributed by atoms with E-state index in [1.165, 1.54) is 0 Å². The second-order valence-electron chi connectivity index (χ2n) is 7.85. The minimum absolute atomic E-state index is 0.0433. The zero-order chi connectivity index (χ0) is 22.3. The van der Waals surface area contributed by atoms with Crippen LogP contribution in [0.5, 0.6) is 11.5 Å². The average molecular weight is 453 g/mol. The molecule has 4 rings (SSSR count). The Bertz CT molecular complexity index is 1050. The largest absolute Gasteiger partial charge is 0.497 e. The van der Waals surface area contributed by atoms with Gasteiger partial charge in [0.15, 0.2) is 0 Å². The Kier molecular flexibility index (Phi) is 7.39. The van der Waals surface area contributed by atoms with E-state index < -0.39 is 0 Å². The second kappa shape index (κ2) is 10.6. The minimum atomic E-state index is -0.0433. The van der Waals surface area contributed by atoms with Crippen LogP contribution in [0, 0.1) is 6.92 Å². The molecular formula is C25H28N2O4S. The lowest BCUT2D eigenvalue weighted by molar-refractivity contribution is 0.0507. The maximum Gasteiger partial charge on any atom is 0.254 e. The molecule has 0 N–H and O–H groups in total. The van der Waals surface area contributed by atoms with E-state index >= 15 is 0 Å². The smallest absolute Gasteiger partial charge is 0.254 e. The lowest BCUT2D eigenvalue weighted by atomic mass is 10.1. The van der Waals surface area contributed by atoms with Gasteiger partial charge in [-0.15, -0.1) is 11.3 Å². The number of methoxy groups -OCH3 is 1. The van der Waals surface area contributed by atoms with E-state index in [1.807, 2.05) is 59.7 Å². The molecule has 168 valence electrons. The van der Waals surface area contributed by atoms with E-state index in [0.717, 1.165) is 41.5 Å². The van der Waals surface area contributed by atoms with Gasteiger partial charge in [0, 0.05) is 30.6 Å². The Morgan fingerprint density at radius 3 is 2.81 bits per heavy atom. The molecule has 32 heavy (non-hydrogen) atoms. The standard InChI is InChI=1S/C25H28N2O4S/c1-18-26-21(17-32-18)16-31-23-9-4-7-20(13-23)25(28)27(15-24-10-5-11-30-24)14-19-6-3-8-22(12-19)29-2/h3-4,6-9,12-13,17,24H,5,10-11,14-16H2,1-2H3. The lowest BCUT2D eigenvalue weighted by Gasteiger charge is -2.26. The predicted molar refractivity (Wildman–Crippen MR) is 124 cm³/mol. The summed E-state index contributed by atoms with van der Waals surface area (Å²) in [6.07, 6.45) is 2.07. The zero-order valence-corrected chi connectivity index (χ0v) is 19.3. The molecule has 1 aromatic heterocycles. The number of thiazole rings is 1. The van der Waals surface area contributed by atoms with E-state index in [9.17, 15) is 4.79 Å². The molecule has 3 aromatic rings. The van der Waals surface area contributed by atoms with Gasteiger partial charge < -0.3 is 19.1 Å². The Balaban J connectivity index is 1.50. The molecule has 2 heterocycles. The molecule has 0 radical (unpaired) electrons. The molecule has 1 saturated heterocycles. The number of hydrogen-bond acceptors (Lipinski definition) is 6. The maximum atomic E-state index is 13.5. The number of aromatic nitrogens is 1. The summed E-state index contributed by atoms with van der Waals surface area (Å²) in [4.78, 5) is 19.8. The van der Waals surface area contributed by atoms with Gasteiger partial charge in [-0.2, -0.15) is 0 Å².